The van der Waals surface area contributed by atoms with Gasteiger partial charge < -0.3 is 0 Å². The summed E-state index contributed by atoms with van der Waals surface area (Å²) in [6.45, 7) is 47.4. The van der Waals surface area contributed by atoms with Gasteiger partial charge in [0, 0.05) is 5.41 Å². The number of halogens is 1. The molecule has 0 spiro atoms. The minimum absolute atomic E-state index is 0.0242. The van der Waals surface area contributed by atoms with Crippen LogP contribution in [0.3, 0.4) is 0 Å². The minimum Gasteiger partial charge on any atom is -0.207 e. The molecule has 0 amide bonds. The van der Waals surface area contributed by atoms with Gasteiger partial charge >= 0.3 is 0 Å². The van der Waals surface area contributed by atoms with Gasteiger partial charge in [0.2, 0.25) is 0 Å². The van der Waals surface area contributed by atoms with Crippen molar-refractivity contribution in [3.63, 3.8) is 0 Å². The third-order valence-corrected chi connectivity index (χ3v) is 12.3. The zero-order valence-corrected chi connectivity index (χ0v) is 41.9. The van der Waals surface area contributed by atoms with Crippen LogP contribution in [0, 0.1) is 33.5 Å². The van der Waals surface area contributed by atoms with Crippen molar-refractivity contribution in [1.82, 2.24) is 0 Å². The maximum Gasteiger partial charge on any atom is 0.123 e. The highest BCUT2D eigenvalue weighted by atomic mass is 19.1. The van der Waals surface area contributed by atoms with Crippen molar-refractivity contribution >= 4 is 12.2 Å². The molecule has 0 N–H and O–H groups in total. The van der Waals surface area contributed by atoms with Crippen LogP contribution in [0.25, 0.3) is 23.3 Å². The van der Waals surface area contributed by atoms with E-state index in [0.29, 0.717) is 5.92 Å². The highest BCUT2D eigenvalue weighted by Gasteiger charge is 2.37. The highest BCUT2D eigenvalue weighted by Crippen LogP contribution is 2.52. The predicted octanol–water partition coefficient (Wildman–Crippen LogP) is 19.4. The van der Waals surface area contributed by atoms with Crippen LogP contribution in [0.4, 0.5) is 4.39 Å². The van der Waals surface area contributed by atoms with Crippen LogP contribution >= 0.6 is 0 Å². The molecule has 338 valence electrons. The molecule has 0 heterocycles. The molecule has 2 aliphatic carbocycles. The summed E-state index contributed by atoms with van der Waals surface area (Å²) in [5.74, 6) is 0.434. The number of rotatable bonds is 10. The highest BCUT2D eigenvalue weighted by molar-refractivity contribution is 5.91. The van der Waals surface area contributed by atoms with Gasteiger partial charge in [-0.25, -0.2) is 4.39 Å². The van der Waals surface area contributed by atoms with Gasteiger partial charge in [0.15, 0.2) is 0 Å². The summed E-state index contributed by atoms with van der Waals surface area (Å²) in [5.41, 5.74) is 22.5. The Morgan fingerprint density at radius 1 is 0.766 bits per heavy atom. The van der Waals surface area contributed by atoms with Crippen LogP contribution in [-0.4, -0.2) is 0 Å². The lowest BCUT2D eigenvalue weighted by molar-refractivity contribution is 0.626. The molecule has 1 atom stereocenters. The third kappa shape index (κ3) is 14.9. The van der Waals surface area contributed by atoms with Gasteiger partial charge in [-0.2, -0.15) is 0 Å². The summed E-state index contributed by atoms with van der Waals surface area (Å²) in [4.78, 5) is 0. The summed E-state index contributed by atoms with van der Waals surface area (Å²) in [6.07, 6.45) is 22.7. The second-order valence-corrected chi connectivity index (χ2v) is 17.4. The van der Waals surface area contributed by atoms with Crippen molar-refractivity contribution in [3.05, 3.63) is 238 Å². The Kier molecular flexibility index (Phi) is 22.7. The number of allylic oxidation sites excluding steroid dienone is 13. The van der Waals surface area contributed by atoms with Gasteiger partial charge in [0.1, 0.15) is 5.82 Å². The van der Waals surface area contributed by atoms with Crippen LogP contribution in [0.2, 0.25) is 0 Å². The lowest BCUT2D eigenvalue weighted by atomic mass is 9.80. The number of hydrogen-bond acceptors (Lipinski definition) is 0. The molecule has 1 unspecified atom stereocenters. The normalized spacial score (nSPS) is 14.2. The fourth-order valence-electron chi connectivity index (χ4n) is 7.93. The summed E-state index contributed by atoms with van der Waals surface area (Å²) < 4.78 is 12.2. The Balaban J connectivity index is 0.000000302. The van der Waals surface area contributed by atoms with E-state index in [4.69, 9.17) is 0 Å². The lowest BCUT2D eigenvalue weighted by Crippen LogP contribution is -2.16. The van der Waals surface area contributed by atoms with Crippen molar-refractivity contribution in [1.29, 1.82) is 0 Å². The maximum atomic E-state index is 12.2. The molecular weight excluding hydrogens is 776 g/mol. The Labute approximate surface area is 390 Å². The van der Waals surface area contributed by atoms with Gasteiger partial charge in [0.25, 0.3) is 0 Å². The largest absolute Gasteiger partial charge is 0.207 e. The van der Waals surface area contributed by atoms with E-state index in [1.807, 2.05) is 43.4 Å². The van der Waals surface area contributed by atoms with E-state index in [-0.39, 0.29) is 11.2 Å². The first kappa shape index (κ1) is 54.3. The SMILES string of the molecule is C=C/C(C)=C(\C=C/C)C1=C(C)C(C)=CCC1.C=C/C=C(\C=C)CC.C=Cc1c(C)cc2c(c1C=C)-c1ccc(C(C)CC)cc1C2(C)C.Cc1ccc(C)cc1.Cc1cccc(F)c1. The maximum absolute atomic E-state index is 12.2. The average Bonchev–Trinajstić information content (AvgIpc) is 3.50. The van der Waals surface area contributed by atoms with Crippen molar-refractivity contribution in [3.8, 4) is 11.1 Å². The molecule has 0 saturated carbocycles. The molecule has 0 aliphatic heterocycles. The lowest BCUT2D eigenvalue weighted by Gasteiger charge is -2.24. The first-order valence-corrected chi connectivity index (χ1v) is 23.0. The van der Waals surface area contributed by atoms with E-state index in [2.05, 4.69) is 183 Å². The van der Waals surface area contributed by atoms with Crippen LogP contribution in [-0.2, 0) is 5.41 Å². The monoisotopic (exact) mass is 855 g/mol. The van der Waals surface area contributed by atoms with Crippen LogP contribution in [0.1, 0.15) is 144 Å². The van der Waals surface area contributed by atoms with E-state index in [9.17, 15) is 4.39 Å². The zero-order chi connectivity index (χ0) is 48.1. The summed E-state index contributed by atoms with van der Waals surface area (Å²) >= 11 is 0. The van der Waals surface area contributed by atoms with E-state index in [0.717, 1.165) is 24.8 Å². The van der Waals surface area contributed by atoms with Crippen molar-refractivity contribution in [2.24, 2.45) is 0 Å². The molecule has 0 fully saturated rings. The second-order valence-electron chi connectivity index (χ2n) is 17.4. The third-order valence-electron chi connectivity index (χ3n) is 12.3. The number of benzene rings is 4. The zero-order valence-electron chi connectivity index (χ0n) is 41.9. The van der Waals surface area contributed by atoms with Gasteiger partial charge in [-0.15, -0.1) is 0 Å². The molecule has 0 nitrogen and oxygen atoms in total. The first-order valence-electron chi connectivity index (χ1n) is 23.0. The topological polar surface area (TPSA) is 0 Å². The van der Waals surface area contributed by atoms with E-state index < -0.39 is 0 Å². The van der Waals surface area contributed by atoms with Gasteiger partial charge in [0.05, 0.1) is 0 Å². The molecule has 4 aromatic rings. The van der Waals surface area contributed by atoms with E-state index >= 15 is 0 Å². The van der Waals surface area contributed by atoms with Crippen LogP contribution in [0.5, 0.6) is 0 Å². The Morgan fingerprint density at radius 2 is 1.39 bits per heavy atom. The first-order chi connectivity index (χ1) is 30.4. The van der Waals surface area contributed by atoms with Crippen molar-refractivity contribution in [2.45, 2.75) is 127 Å². The van der Waals surface area contributed by atoms with Gasteiger partial charge in [-0.1, -0.05) is 200 Å². The summed E-state index contributed by atoms with van der Waals surface area (Å²) in [5, 5.41) is 0. The van der Waals surface area contributed by atoms with E-state index in [1.54, 1.807) is 12.1 Å². The fourth-order valence-corrected chi connectivity index (χ4v) is 7.93. The van der Waals surface area contributed by atoms with Crippen LogP contribution in [0.15, 0.2) is 182 Å². The Hall–Kier alpha value is -5.79. The molecule has 0 radical (unpaired) electrons. The summed E-state index contributed by atoms with van der Waals surface area (Å²) in [6, 6.07) is 24.4. The molecule has 1 heteroatoms. The Bertz CT molecular complexity index is 2350. The molecule has 2 aliphatic rings. The standard InChI is InChI=1S/C24H28.C16H22.C8H10.C8H12.C7H7F/c1-8-15(4)17-11-12-20-21(14-17)24(6,7)22-13-16(5)18(9-2)19(10-3)23(20)22;1-6-9-15(12(3)7-2)16-11-8-10-13(4)14(16)5;1-7-3-5-8(2)6-4-7;1-4-7-8(5-2)6-3;1-6-3-2-4-7(8)5-6/h9-15H,2-3,8H2,1,4-7H3;6-7,9-10H,2,8,11H2,1,3-5H3;3-6H,1-2H3;4-5,7H,1-2,6H2,3H3;2-5H,1H3/b;9-6-,15-12+;;8-7+;. The molecule has 0 aromatic heterocycles. The van der Waals surface area contributed by atoms with Crippen molar-refractivity contribution in [2.75, 3.05) is 0 Å². The number of aryl methyl sites for hydroxylation is 4. The molecule has 64 heavy (non-hydrogen) atoms. The van der Waals surface area contributed by atoms with Gasteiger partial charge in [-0.3, -0.25) is 0 Å². The van der Waals surface area contributed by atoms with Crippen LogP contribution < -0.4 is 0 Å². The second kappa shape index (κ2) is 26.7. The Morgan fingerprint density at radius 3 is 1.84 bits per heavy atom. The van der Waals surface area contributed by atoms with Crippen molar-refractivity contribution < 1.29 is 4.39 Å². The molecule has 0 saturated heterocycles. The molecule has 6 rings (SSSR count). The molecule has 4 aromatic carbocycles. The molecule has 0 bridgehead atoms. The number of hydrogen-bond donors (Lipinski definition) is 0. The average molecular weight is 855 g/mol. The van der Waals surface area contributed by atoms with E-state index in [1.165, 1.54) is 108 Å². The smallest absolute Gasteiger partial charge is 0.123 e. The fraction of sp³-hybridized carbons (Fsp3) is 0.302. The number of fused-ring (bicyclic) bond motifs is 3. The summed E-state index contributed by atoms with van der Waals surface area (Å²) in [7, 11) is 0. The minimum atomic E-state index is -0.162. The quantitative estimate of drug-likeness (QED) is 0.139. The molecular formula is C63H79F. The van der Waals surface area contributed by atoms with Gasteiger partial charge in [-0.05, 0) is 177 Å². The predicted molar refractivity (Wildman–Crippen MR) is 287 cm³/mol.